The number of halogens is 2. The summed E-state index contributed by atoms with van der Waals surface area (Å²) in [6.07, 6.45) is 2.70. The molecular formula is C16H12Cl2N2O4. The van der Waals surface area contributed by atoms with Gasteiger partial charge in [-0.25, -0.2) is 0 Å². The summed E-state index contributed by atoms with van der Waals surface area (Å²) < 4.78 is 5.03. The van der Waals surface area contributed by atoms with Gasteiger partial charge in [-0.1, -0.05) is 29.3 Å². The fourth-order valence-electron chi connectivity index (χ4n) is 1.87. The van der Waals surface area contributed by atoms with Gasteiger partial charge in [0.25, 0.3) is 5.69 Å². The molecule has 6 nitrogen and oxygen atoms in total. The maximum Gasteiger partial charge on any atom is 0.288 e. The number of rotatable bonds is 5. The Kier molecular flexibility index (Phi) is 5.78. The van der Waals surface area contributed by atoms with E-state index in [-0.39, 0.29) is 10.7 Å². The third-order valence-electron chi connectivity index (χ3n) is 3.01. The molecule has 0 atom stereocenters. The van der Waals surface area contributed by atoms with E-state index in [1.807, 2.05) is 0 Å². The first-order valence-corrected chi connectivity index (χ1v) is 7.43. The Morgan fingerprint density at radius 1 is 1.21 bits per heavy atom. The number of carbonyl (C=O) groups excluding carboxylic acids is 1. The number of nitrogens with zero attached hydrogens (tertiary/aromatic N) is 1. The van der Waals surface area contributed by atoms with Crippen molar-refractivity contribution in [3.05, 3.63) is 68.2 Å². The smallest absolute Gasteiger partial charge is 0.288 e. The monoisotopic (exact) mass is 366 g/mol. The Balaban J connectivity index is 2.09. The van der Waals surface area contributed by atoms with E-state index in [4.69, 9.17) is 27.9 Å². The van der Waals surface area contributed by atoms with Crippen molar-refractivity contribution in [3.63, 3.8) is 0 Å². The van der Waals surface area contributed by atoms with E-state index in [2.05, 4.69) is 5.32 Å². The van der Waals surface area contributed by atoms with Gasteiger partial charge in [0.1, 0.15) is 10.8 Å². The quantitative estimate of drug-likeness (QED) is 0.477. The van der Waals surface area contributed by atoms with Crippen LogP contribution < -0.4 is 10.1 Å². The Morgan fingerprint density at radius 3 is 2.58 bits per heavy atom. The van der Waals surface area contributed by atoms with Crippen molar-refractivity contribution in [1.82, 2.24) is 0 Å². The number of amides is 1. The molecule has 124 valence electrons. The van der Waals surface area contributed by atoms with E-state index in [0.717, 1.165) is 0 Å². The number of nitro benzene ring substituents is 1. The molecule has 24 heavy (non-hydrogen) atoms. The zero-order chi connectivity index (χ0) is 17.7. The van der Waals surface area contributed by atoms with Crippen LogP contribution in [0, 0.1) is 10.1 Å². The Bertz CT molecular complexity index is 822. The van der Waals surface area contributed by atoms with Crippen molar-refractivity contribution >= 4 is 46.6 Å². The van der Waals surface area contributed by atoms with Crippen LogP contribution in [0.5, 0.6) is 5.75 Å². The number of methoxy groups -OCH3 is 1. The van der Waals surface area contributed by atoms with Gasteiger partial charge in [0.2, 0.25) is 5.91 Å². The molecule has 1 N–H and O–H groups in total. The fourth-order valence-corrected chi connectivity index (χ4v) is 2.32. The van der Waals surface area contributed by atoms with Gasteiger partial charge in [0, 0.05) is 17.8 Å². The van der Waals surface area contributed by atoms with E-state index in [9.17, 15) is 14.9 Å². The summed E-state index contributed by atoms with van der Waals surface area (Å²) in [5, 5.41) is 13.9. The van der Waals surface area contributed by atoms with Crippen molar-refractivity contribution in [2.24, 2.45) is 0 Å². The lowest BCUT2D eigenvalue weighted by Gasteiger charge is -2.06. The lowest BCUT2D eigenvalue weighted by molar-refractivity contribution is -0.384. The Hall–Kier alpha value is -2.57. The number of nitro groups is 1. The van der Waals surface area contributed by atoms with Crippen molar-refractivity contribution in [1.29, 1.82) is 0 Å². The molecule has 1 amide bonds. The van der Waals surface area contributed by atoms with E-state index in [0.29, 0.717) is 22.0 Å². The van der Waals surface area contributed by atoms with Crippen LogP contribution in [0.4, 0.5) is 11.4 Å². The van der Waals surface area contributed by atoms with E-state index >= 15 is 0 Å². The predicted molar refractivity (Wildman–Crippen MR) is 93.8 cm³/mol. The summed E-state index contributed by atoms with van der Waals surface area (Å²) in [7, 11) is 1.49. The molecule has 0 spiro atoms. The SMILES string of the molecule is COc1ccc(NC(=O)/C=C/c2ccc(Cl)c([N+](=O)[O-])c2)cc1Cl. The molecule has 0 bridgehead atoms. The molecule has 2 aromatic carbocycles. The topological polar surface area (TPSA) is 81.5 Å². The van der Waals surface area contributed by atoms with E-state index in [1.165, 1.54) is 31.4 Å². The predicted octanol–water partition coefficient (Wildman–Crippen LogP) is 4.56. The molecule has 0 aliphatic rings. The summed E-state index contributed by atoms with van der Waals surface area (Å²) in [4.78, 5) is 22.2. The second kappa shape index (κ2) is 7.81. The molecule has 2 aromatic rings. The highest BCUT2D eigenvalue weighted by molar-refractivity contribution is 6.33. The third-order valence-corrected chi connectivity index (χ3v) is 3.63. The van der Waals surface area contributed by atoms with Gasteiger partial charge in [-0.05, 0) is 35.9 Å². The molecule has 0 fully saturated rings. The van der Waals surface area contributed by atoms with Gasteiger partial charge < -0.3 is 10.1 Å². The highest BCUT2D eigenvalue weighted by atomic mass is 35.5. The normalized spacial score (nSPS) is 10.6. The molecule has 2 rings (SSSR count). The molecule has 0 aliphatic heterocycles. The highest BCUT2D eigenvalue weighted by Crippen LogP contribution is 2.27. The van der Waals surface area contributed by atoms with Gasteiger partial charge in [0.05, 0.1) is 17.1 Å². The summed E-state index contributed by atoms with van der Waals surface area (Å²) >= 11 is 11.7. The standard InChI is InChI=1S/C16H12Cl2N2O4/c1-24-15-6-4-11(9-13(15)18)19-16(21)7-3-10-2-5-12(17)14(8-10)20(22)23/h2-9H,1H3,(H,19,21)/b7-3+. The largest absolute Gasteiger partial charge is 0.495 e. The van der Waals surface area contributed by atoms with Crippen molar-refractivity contribution in [2.75, 3.05) is 12.4 Å². The number of carbonyl (C=O) groups is 1. The van der Waals surface area contributed by atoms with E-state index < -0.39 is 10.8 Å². The first-order valence-electron chi connectivity index (χ1n) is 6.67. The number of hydrogen-bond donors (Lipinski definition) is 1. The van der Waals surface area contributed by atoms with Gasteiger partial charge in [-0.15, -0.1) is 0 Å². The molecule has 0 saturated carbocycles. The lowest BCUT2D eigenvalue weighted by Crippen LogP contribution is -2.07. The van der Waals surface area contributed by atoms with Gasteiger partial charge in [-0.3, -0.25) is 14.9 Å². The maximum absolute atomic E-state index is 11.9. The van der Waals surface area contributed by atoms with Crippen LogP contribution in [0.2, 0.25) is 10.0 Å². The minimum absolute atomic E-state index is 0.0366. The molecular weight excluding hydrogens is 355 g/mol. The molecule has 0 unspecified atom stereocenters. The average Bonchev–Trinajstić information content (AvgIpc) is 2.54. The highest BCUT2D eigenvalue weighted by Gasteiger charge is 2.11. The molecule has 0 aromatic heterocycles. The molecule has 0 heterocycles. The van der Waals surface area contributed by atoms with Crippen LogP contribution in [0.1, 0.15) is 5.56 Å². The van der Waals surface area contributed by atoms with E-state index in [1.54, 1.807) is 24.3 Å². The number of anilines is 1. The zero-order valence-corrected chi connectivity index (χ0v) is 14.0. The second-order valence-electron chi connectivity index (χ2n) is 4.64. The second-order valence-corrected chi connectivity index (χ2v) is 5.45. The van der Waals surface area contributed by atoms with Crippen LogP contribution in [0.3, 0.4) is 0 Å². The third kappa shape index (κ3) is 4.47. The van der Waals surface area contributed by atoms with Gasteiger partial charge in [-0.2, -0.15) is 0 Å². The Morgan fingerprint density at radius 2 is 1.96 bits per heavy atom. The fraction of sp³-hybridized carbons (Fsp3) is 0.0625. The molecule has 0 aliphatic carbocycles. The summed E-state index contributed by atoms with van der Waals surface area (Å²) in [5.41, 5.74) is 0.757. The van der Waals surface area contributed by atoms with Crippen molar-refractivity contribution in [3.8, 4) is 5.75 Å². The minimum atomic E-state index is -0.584. The van der Waals surface area contributed by atoms with Gasteiger partial charge in [0.15, 0.2) is 0 Å². The van der Waals surface area contributed by atoms with Crippen LogP contribution in [0.25, 0.3) is 6.08 Å². The van der Waals surface area contributed by atoms with Crippen molar-refractivity contribution in [2.45, 2.75) is 0 Å². The molecule has 0 saturated heterocycles. The zero-order valence-electron chi connectivity index (χ0n) is 12.5. The first kappa shape index (κ1) is 17.8. The van der Waals surface area contributed by atoms with Crippen LogP contribution >= 0.6 is 23.2 Å². The van der Waals surface area contributed by atoms with Gasteiger partial charge >= 0.3 is 0 Å². The maximum atomic E-state index is 11.9. The number of hydrogen-bond acceptors (Lipinski definition) is 4. The average molecular weight is 367 g/mol. The summed E-state index contributed by atoms with van der Waals surface area (Å²) in [6.45, 7) is 0. The minimum Gasteiger partial charge on any atom is -0.495 e. The molecule has 0 radical (unpaired) electrons. The lowest BCUT2D eigenvalue weighted by atomic mass is 10.2. The summed E-state index contributed by atoms with van der Waals surface area (Å²) in [5.74, 6) is 0.0903. The Labute approximate surface area is 147 Å². The van der Waals surface area contributed by atoms with Crippen LogP contribution in [0.15, 0.2) is 42.5 Å². The van der Waals surface area contributed by atoms with Crippen LogP contribution in [-0.4, -0.2) is 17.9 Å². The number of benzene rings is 2. The number of ether oxygens (including phenoxy) is 1. The molecule has 8 heteroatoms. The first-order chi connectivity index (χ1) is 11.4. The summed E-state index contributed by atoms with van der Waals surface area (Å²) in [6, 6.07) is 9.09. The van der Waals surface area contributed by atoms with Crippen molar-refractivity contribution < 1.29 is 14.5 Å². The number of nitrogens with one attached hydrogen (secondary N) is 1. The van der Waals surface area contributed by atoms with Crippen LogP contribution in [-0.2, 0) is 4.79 Å².